The lowest BCUT2D eigenvalue weighted by Gasteiger charge is -2.25. The van der Waals surface area contributed by atoms with Gasteiger partial charge in [0.1, 0.15) is 6.10 Å². The molecule has 1 saturated heterocycles. The van der Waals surface area contributed by atoms with Gasteiger partial charge in [-0.15, -0.1) is 0 Å². The summed E-state index contributed by atoms with van der Waals surface area (Å²) in [6, 6.07) is 13.0. The first-order valence-electron chi connectivity index (χ1n) is 9.97. The van der Waals surface area contributed by atoms with Crippen LogP contribution in [0.2, 0.25) is 0 Å². The van der Waals surface area contributed by atoms with Gasteiger partial charge in [-0.2, -0.15) is 0 Å². The molecule has 0 saturated carbocycles. The van der Waals surface area contributed by atoms with E-state index in [0.717, 1.165) is 16.0 Å². The summed E-state index contributed by atoms with van der Waals surface area (Å²) < 4.78 is 15.1. The number of hydrogen-bond donors (Lipinski definition) is 2. The second kappa shape index (κ2) is 9.95. The molecule has 3 N–H and O–H groups in total. The second-order valence-electron chi connectivity index (χ2n) is 7.33. The number of nitrogens with two attached hydrogens (primary N) is 1. The number of aliphatic hydroxyl groups is 1. The van der Waals surface area contributed by atoms with Crippen LogP contribution in [0.15, 0.2) is 69.2 Å². The molecule has 0 aliphatic carbocycles. The molecule has 0 spiro atoms. The molecule has 0 radical (unpaired) electrons. The number of benzene rings is 1. The van der Waals surface area contributed by atoms with Gasteiger partial charge >= 0.3 is 0 Å². The van der Waals surface area contributed by atoms with Crippen LogP contribution in [0.5, 0.6) is 5.88 Å². The van der Waals surface area contributed by atoms with E-state index in [4.69, 9.17) is 15.2 Å². The summed E-state index contributed by atoms with van der Waals surface area (Å²) in [4.78, 5) is 19.7. The monoisotopic (exact) mass is 440 g/mol. The van der Waals surface area contributed by atoms with E-state index in [0.29, 0.717) is 37.9 Å². The van der Waals surface area contributed by atoms with Crippen molar-refractivity contribution >= 4 is 24.1 Å². The molecule has 1 atom stereocenters. The van der Waals surface area contributed by atoms with Crippen molar-refractivity contribution in [3.05, 3.63) is 65.5 Å². The average Bonchev–Trinajstić information content (AvgIpc) is 3.13. The van der Waals surface area contributed by atoms with E-state index < -0.39 is 5.92 Å². The Morgan fingerprint density at radius 2 is 2.13 bits per heavy atom. The molecular formula is C22H24N4O4S. The Balaban J connectivity index is 1.31. The number of hydrogen-bond acceptors (Lipinski definition) is 8. The van der Waals surface area contributed by atoms with Crippen molar-refractivity contribution in [1.82, 2.24) is 9.88 Å². The lowest BCUT2D eigenvalue weighted by atomic mass is 9.98. The average molecular weight is 441 g/mol. The van der Waals surface area contributed by atoms with Gasteiger partial charge in [0.15, 0.2) is 0 Å². The third kappa shape index (κ3) is 5.25. The Labute approximate surface area is 184 Å². The van der Waals surface area contributed by atoms with E-state index >= 15 is 0 Å². The molecule has 1 unspecified atom stereocenters. The third-order valence-corrected chi connectivity index (χ3v) is 5.76. The first-order chi connectivity index (χ1) is 15.1. The molecule has 0 bridgehead atoms. The van der Waals surface area contributed by atoms with Crippen LogP contribution in [0.1, 0.15) is 11.5 Å². The van der Waals surface area contributed by atoms with Crippen LogP contribution in [0.25, 0.3) is 0 Å². The van der Waals surface area contributed by atoms with Crippen LogP contribution in [0, 0.1) is 0 Å². The van der Waals surface area contributed by atoms with E-state index in [9.17, 15) is 9.90 Å². The molecule has 8 nitrogen and oxygen atoms in total. The topological polar surface area (TPSA) is 110 Å². The van der Waals surface area contributed by atoms with Crippen LogP contribution in [-0.4, -0.2) is 66.1 Å². The molecule has 2 aromatic rings. The molecule has 1 aromatic heterocycles. The predicted octanol–water partition coefficient (Wildman–Crippen LogP) is 1.77. The predicted molar refractivity (Wildman–Crippen MR) is 118 cm³/mol. The zero-order valence-corrected chi connectivity index (χ0v) is 17.7. The number of rotatable bonds is 8. The Bertz CT molecular complexity index is 961. The zero-order valence-electron chi connectivity index (χ0n) is 16.9. The highest BCUT2D eigenvalue weighted by Gasteiger charge is 2.30. The molecule has 1 amide bonds. The smallest absolute Gasteiger partial charge is 0.233 e. The summed E-state index contributed by atoms with van der Waals surface area (Å²) in [5.74, 6) is -0.183. The summed E-state index contributed by atoms with van der Waals surface area (Å²) in [6.07, 6.45) is 3.46. The number of nitrogens with zero attached hydrogens (tertiary/aromatic N) is 3. The number of amides is 1. The fraction of sp³-hybridized carbons (Fsp3) is 0.318. The van der Waals surface area contributed by atoms with Gasteiger partial charge < -0.3 is 25.2 Å². The molecule has 2 aliphatic heterocycles. The van der Waals surface area contributed by atoms with Crippen molar-refractivity contribution < 1.29 is 19.4 Å². The van der Waals surface area contributed by atoms with Crippen LogP contribution >= 0.6 is 11.9 Å². The van der Waals surface area contributed by atoms with Gasteiger partial charge in [0, 0.05) is 53.1 Å². The fourth-order valence-corrected chi connectivity index (χ4v) is 3.81. The Kier molecular flexibility index (Phi) is 6.86. The maximum Gasteiger partial charge on any atom is 0.233 e. The van der Waals surface area contributed by atoms with Crippen molar-refractivity contribution in [1.29, 1.82) is 0 Å². The highest BCUT2D eigenvalue weighted by Crippen LogP contribution is 2.24. The van der Waals surface area contributed by atoms with Gasteiger partial charge in [-0.05, 0) is 11.6 Å². The molecular weight excluding hydrogens is 416 g/mol. The van der Waals surface area contributed by atoms with E-state index in [2.05, 4.69) is 9.38 Å². The molecule has 162 valence electrons. The maximum atomic E-state index is 12.9. The minimum Gasteiger partial charge on any atom is -0.469 e. The normalized spacial score (nSPS) is 17.8. The van der Waals surface area contributed by atoms with Crippen LogP contribution < -0.4 is 10.5 Å². The molecule has 4 rings (SSSR count). The second-order valence-corrected chi connectivity index (χ2v) is 8.19. The number of ether oxygens (including phenoxy) is 2. The summed E-state index contributed by atoms with van der Waals surface area (Å²) in [6.45, 7) is 1.64. The highest BCUT2D eigenvalue weighted by molar-refractivity contribution is 7.98. The third-order valence-electron chi connectivity index (χ3n) is 5.10. The highest BCUT2D eigenvalue weighted by atomic mass is 32.2. The quantitative estimate of drug-likeness (QED) is 0.475. The molecule has 3 heterocycles. The SMILES string of the molecule is NC1=C(C=NSc2ccc(OC3COC3)nc2)CN(C(=O)C(CO)c2ccccc2)C1. The molecule has 31 heavy (non-hydrogen) atoms. The van der Waals surface area contributed by atoms with Crippen LogP contribution in [0.3, 0.4) is 0 Å². The van der Waals surface area contributed by atoms with E-state index in [1.54, 1.807) is 23.4 Å². The largest absolute Gasteiger partial charge is 0.469 e. The lowest BCUT2D eigenvalue weighted by molar-refractivity contribution is -0.132. The summed E-state index contributed by atoms with van der Waals surface area (Å²) >= 11 is 1.27. The van der Waals surface area contributed by atoms with Gasteiger partial charge in [-0.25, -0.2) is 9.38 Å². The van der Waals surface area contributed by atoms with E-state index in [1.807, 2.05) is 36.4 Å². The number of carbonyl (C=O) groups is 1. The van der Waals surface area contributed by atoms with Gasteiger partial charge in [-0.3, -0.25) is 4.79 Å². The van der Waals surface area contributed by atoms with Crippen LogP contribution in [0.4, 0.5) is 0 Å². The number of aliphatic hydroxyl groups excluding tert-OH is 1. The van der Waals surface area contributed by atoms with Crippen LogP contribution in [-0.2, 0) is 9.53 Å². The van der Waals surface area contributed by atoms with Crippen molar-refractivity contribution in [3.8, 4) is 5.88 Å². The van der Waals surface area contributed by atoms with Gasteiger partial charge in [0.05, 0.1) is 32.3 Å². The lowest BCUT2D eigenvalue weighted by Crippen LogP contribution is -2.38. The molecule has 1 aromatic carbocycles. The van der Waals surface area contributed by atoms with Gasteiger partial charge in [-0.1, -0.05) is 30.3 Å². The fourth-order valence-electron chi connectivity index (χ4n) is 3.28. The summed E-state index contributed by atoms with van der Waals surface area (Å²) in [5.41, 5.74) is 8.32. The Morgan fingerprint density at radius 1 is 1.32 bits per heavy atom. The molecule has 1 fully saturated rings. The number of carbonyl (C=O) groups excluding carboxylic acids is 1. The number of pyridine rings is 1. The molecule has 9 heteroatoms. The van der Waals surface area contributed by atoms with Crippen molar-refractivity contribution in [2.45, 2.75) is 16.9 Å². The standard InChI is InChI=1S/C22H24N4O4S/c23-20-11-26(22(28)19(12-27)15-4-2-1-3-5-15)10-16(20)8-25-31-18-6-7-21(24-9-18)30-17-13-29-14-17/h1-9,17,19,27H,10-14,23H2. The van der Waals surface area contributed by atoms with Gasteiger partial charge in [0.2, 0.25) is 11.8 Å². The minimum absolute atomic E-state index is 0.0827. The Morgan fingerprint density at radius 3 is 2.77 bits per heavy atom. The van der Waals surface area contributed by atoms with E-state index in [1.165, 1.54) is 11.9 Å². The van der Waals surface area contributed by atoms with Crippen molar-refractivity contribution in [2.24, 2.45) is 10.1 Å². The number of aromatic nitrogens is 1. The first kappa shape index (κ1) is 21.4. The summed E-state index contributed by atoms with van der Waals surface area (Å²) in [5, 5.41) is 9.75. The zero-order chi connectivity index (χ0) is 21.6. The van der Waals surface area contributed by atoms with E-state index in [-0.39, 0.29) is 18.6 Å². The minimum atomic E-state index is -0.599. The molecule has 2 aliphatic rings. The maximum absolute atomic E-state index is 12.9. The van der Waals surface area contributed by atoms with Crippen molar-refractivity contribution in [3.63, 3.8) is 0 Å². The Hall–Kier alpha value is -2.88. The van der Waals surface area contributed by atoms with Gasteiger partial charge in [0.25, 0.3) is 0 Å². The summed E-state index contributed by atoms with van der Waals surface area (Å²) in [7, 11) is 0. The first-order valence-corrected chi connectivity index (χ1v) is 10.7. The van der Waals surface area contributed by atoms with Crippen molar-refractivity contribution in [2.75, 3.05) is 32.9 Å².